The van der Waals surface area contributed by atoms with Crippen LogP contribution in [0.1, 0.15) is 6.92 Å². The highest BCUT2D eigenvalue weighted by atomic mass is 19.4. The van der Waals surface area contributed by atoms with E-state index >= 15 is 0 Å². The van der Waals surface area contributed by atoms with Gasteiger partial charge >= 0.3 is 66.3 Å². The van der Waals surface area contributed by atoms with E-state index in [1.165, 1.54) is 4.74 Å². The van der Waals surface area contributed by atoms with Crippen molar-refractivity contribution in [2.24, 2.45) is 0 Å². The first-order chi connectivity index (χ1) is 16.5. The van der Waals surface area contributed by atoms with Crippen molar-refractivity contribution in [3.05, 3.63) is 0 Å². The van der Waals surface area contributed by atoms with Crippen molar-refractivity contribution in [1.82, 2.24) is 0 Å². The van der Waals surface area contributed by atoms with Crippen LogP contribution in [0.25, 0.3) is 0 Å². The van der Waals surface area contributed by atoms with E-state index in [1.807, 2.05) is 0 Å². The maximum atomic E-state index is 14.4. The van der Waals surface area contributed by atoms with E-state index in [1.54, 1.807) is 0 Å². The van der Waals surface area contributed by atoms with Gasteiger partial charge in [-0.05, 0) is 6.92 Å². The van der Waals surface area contributed by atoms with Crippen LogP contribution in [-0.4, -0.2) is 72.9 Å². The predicted molar refractivity (Wildman–Crippen MR) is 69.3 cm³/mol. The molecule has 0 aromatic heterocycles. The number of hydrogen-bond donors (Lipinski definition) is 0. The van der Waals surface area contributed by atoms with E-state index in [0.717, 1.165) is 4.74 Å². The lowest BCUT2D eigenvalue weighted by Gasteiger charge is -2.45. The van der Waals surface area contributed by atoms with Crippen LogP contribution in [0.5, 0.6) is 0 Å². The second kappa shape index (κ2) is 9.68. The lowest BCUT2D eigenvalue weighted by Crippen LogP contribution is -2.75. The second-order valence-corrected chi connectivity index (χ2v) is 6.60. The van der Waals surface area contributed by atoms with Crippen LogP contribution in [-0.2, 0) is 14.2 Å². The zero-order chi connectivity index (χ0) is 32.3. The third-order valence-electron chi connectivity index (χ3n) is 3.88. The molecule has 3 nitrogen and oxygen atoms in total. The van der Waals surface area contributed by atoms with Crippen molar-refractivity contribution in [3.63, 3.8) is 0 Å². The molecule has 0 amide bonds. The smallest absolute Gasteiger partial charge is 0.337 e. The zero-order valence-electron chi connectivity index (χ0n) is 17.1. The van der Waals surface area contributed by atoms with Gasteiger partial charge in [0.2, 0.25) is 0 Å². The fourth-order valence-corrected chi connectivity index (χ4v) is 2.00. The minimum absolute atomic E-state index is 0.103. The minimum Gasteiger partial charge on any atom is -0.337 e. The Kier molecular flexibility index (Phi) is 9.25. The topological polar surface area (TPSA) is 27.7 Å². The molecule has 26 heteroatoms. The Morgan fingerprint density at radius 2 is 0.667 bits per heavy atom. The molecule has 0 aliphatic rings. The van der Waals surface area contributed by atoms with Crippen LogP contribution in [0.15, 0.2) is 0 Å². The molecule has 0 saturated carbocycles. The van der Waals surface area contributed by atoms with E-state index in [0.29, 0.717) is 0 Å². The molecule has 0 aromatic carbocycles. The van der Waals surface area contributed by atoms with Crippen LogP contribution < -0.4 is 0 Å². The zero-order valence-corrected chi connectivity index (χ0v) is 17.1. The molecule has 0 bridgehead atoms. The van der Waals surface area contributed by atoms with Crippen LogP contribution in [0.4, 0.5) is 101 Å². The normalized spacial score (nSPS) is 20.3. The Labute approximate surface area is 196 Å². The molecule has 236 valence electrons. The standard InChI is InChI=1S/C13H5F23O3/c1-2-37-5(18,3(14,15)8(21,22)23)6(19,10(27,28)29)38-13(35,36)7(20,11(30,31)32)39-12(33,34)4(16,17)9(24,25)26/h2H2,1H3. The Balaban J connectivity index is 7.48. The van der Waals surface area contributed by atoms with E-state index in [2.05, 4.69) is 4.74 Å². The quantitative estimate of drug-likeness (QED) is 0.227. The molecule has 0 aliphatic heterocycles. The fraction of sp³-hybridized carbons (Fsp3) is 1.00. The highest BCUT2D eigenvalue weighted by Crippen LogP contribution is 2.61. The largest absolute Gasteiger partial charge is 0.462 e. The van der Waals surface area contributed by atoms with Gasteiger partial charge in [0.1, 0.15) is 0 Å². The molecule has 0 radical (unpaired) electrons. The summed E-state index contributed by atoms with van der Waals surface area (Å²) in [5.41, 5.74) is 0. The van der Waals surface area contributed by atoms with Gasteiger partial charge in [-0.15, -0.1) is 0 Å². The predicted octanol–water partition coefficient (Wildman–Crippen LogP) is 7.76. The van der Waals surface area contributed by atoms with Gasteiger partial charge in [-0.1, -0.05) is 0 Å². The van der Waals surface area contributed by atoms with Gasteiger partial charge < -0.3 is 4.74 Å². The Morgan fingerprint density at radius 1 is 0.359 bits per heavy atom. The summed E-state index contributed by atoms with van der Waals surface area (Å²) in [7, 11) is 0. The Hall–Kier alpha value is -1.73. The molecule has 0 N–H and O–H groups in total. The summed E-state index contributed by atoms with van der Waals surface area (Å²) in [5, 5.41) is 0. The average Bonchev–Trinajstić information content (AvgIpc) is 2.63. The van der Waals surface area contributed by atoms with E-state index in [4.69, 9.17) is 0 Å². The van der Waals surface area contributed by atoms with Gasteiger partial charge in [0.05, 0.1) is 0 Å². The van der Waals surface area contributed by atoms with Crippen LogP contribution in [0.3, 0.4) is 0 Å². The molecule has 3 atom stereocenters. The molecule has 0 fully saturated rings. The first kappa shape index (κ1) is 37.3. The maximum Gasteiger partial charge on any atom is 0.462 e. The number of alkyl halides is 23. The van der Waals surface area contributed by atoms with Crippen molar-refractivity contribution in [2.75, 3.05) is 6.61 Å². The van der Waals surface area contributed by atoms with Gasteiger partial charge in [-0.3, -0.25) is 9.47 Å². The molecular weight excluding hydrogens is 641 g/mol. The summed E-state index contributed by atoms with van der Waals surface area (Å²) < 4.78 is 305. The molecule has 39 heavy (non-hydrogen) atoms. The monoisotopic (exact) mass is 646 g/mol. The summed E-state index contributed by atoms with van der Waals surface area (Å²) in [6.45, 7) is -2.49. The van der Waals surface area contributed by atoms with E-state index < -0.39 is 72.9 Å². The van der Waals surface area contributed by atoms with Crippen molar-refractivity contribution in [3.8, 4) is 0 Å². The van der Waals surface area contributed by atoms with Gasteiger partial charge in [0, 0.05) is 6.61 Å². The van der Waals surface area contributed by atoms with Crippen molar-refractivity contribution in [1.29, 1.82) is 0 Å². The number of ether oxygens (including phenoxy) is 3. The van der Waals surface area contributed by atoms with Gasteiger partial charge in [0.25, 0.3) is 0 Å². The molecule has 0 rings (SSSR count). The highest BCUT2D eigenvalue weighted by Gasteiger charge is 2.92. The number of hydrogen-bond acceptors (Lipinski definition) is 3. The van der Waals surface area contributed by atoms with Gasteiger partial charge in [-0.2, -0.15) is 101 Å². The van der Waals surface area contributed by atoms with Crippen LogP contribution in [0, 0.1) is 0 Å². The molecule has 3 unspecified atom stereocenters. The fourth-order valence-electron chi connectivity index (χ4n) is 2.00. The first-order valence-corrected chi connectivity index (χ1v) is 8.36. The van der Waals surface area contributed by atoms with E-state index in [-0.39, 0.29) is 6.92 Å². The van der Waals surface area contributed by atoms with Gasteiger partial charge in [0.15, 0.2) is 0 Å². The minimum atomic E-state index is -8.68. The number of halogens is 23. The van der Waals surface area contributed by atoms with Gasteiger partial charge in [-0.25, -0.2) is 0 Å². The summed E-state index contributed by atoms with van der Waals surface area (Å²) in [6.07, 6.45) is -49.4. The van der Waals surface area contributed by atoms with Crippen LogP contribution >= 0.6 is 0 Å². The third-order valence-corrected chi connectivity index (χ3v) is 3.88. The SMILES string of the molecule is CCOC(F)(C(F)(F)C(F)(F)F)C(F)(OC(F)(F)C(F)(OC(F)(F)C(F)(F)C(F)(F)F)C(F)(F)F)C(F)(F)F. The van der Waals surface area contributed by atoms with Crippen LogP contribution in [0.2, 0.25) is 0 Å². The Bertz CT molecular complexity index is 853. The highest BCUT2D eigenvalue weighted by molar-refractivity contribution is 5.07. The third kappa shape index (κ3) is 5.72. The Morgan fingerprint density at radius 3 is 0.923 bits per heavy atom. The van der Waals surface area contributed by atoms with E-state index in [9.17, 15) is 101 Å². The molecule has 0 aliphatic carbocycles. The second-order valence-electron chi connectivity index (χ2n) is 6.60. The summed E-state index contributed by atoms with van der Waals surface area (Å²) in [4.78, 5) is 0. The first-order valence-electron chi connectivity index (χ1n) is 8.36. The average molecular weight is 646 g/mol. The maximum absolute atomic E-state index is 14.4. The van der Waals surface area contributed by atoms with Crippen molar-refractivity contribution < 1.29 is 115 Å². The molecule has 0 heterocycles. The lowest BCUT2D eigenvalue weighted by molar-refractivity contribution is -0.575. The lowest BCUT2D eigenvalue weighted by atomic mass is 9.99. The summed E-state index contributed by atoms with van der Waals surface area (Å²) >= 11 is 0. The molecule has 0 aromatic rings. The summed E-state index contributed by atoms with van der Waals surface area (Å²) in [6, 6.07) is 0. The molecule has 0 spiro atoms. The molecule has 0 saturated heterocycles. The number of rotatable bonds is 10. The molecular formula is C13H5F23O3. The summed E-state index contributed by atoms with van der Waals surface area (Å²) in [5.74, 6) is -41.3. The van der Waals surface area contributed by atoms with Crippen molar-refractivity contribution in [2.45, 2.75) is 73.3 Å². The van der Waals surface area contributed by atoms with Crippen molar-refractivity contribution >= 4 is 0 Å².